The van der Waals surface area contributed by atoms with Crippen LogP contribution < -0.4 is 19.9 Å². The number of hydrogen-bond donors (Lipinski definition) is 2. The van der Waals surface area contributed by atoms with Gasteiger partial charge < -0.3 is 25.0 Å². The van der Waals surface area contributed by atoms with Crippen LogP contribution >= 0.6 is 0 Å². The highest BCUT2D eigenvalue weighted by molar-refractivity contribution is 5.98. The fraction of sp³-hybridized carbons (Fsp3) is 0.375. The van der Waals surface area contributed by atoms with Crippen molar-refractivity contribution in [2.24, 2.45) is 5.92 Å². The van der Waals surface area contributed by atoms with Gasteiger partial charge in [0.25, 0.3) is 5.91 Å². The minimum atomic E-state index is -0.181. The molecule has 4 heterocycles. The van der Waals surface area contributed by atoms with Gasteiger partial charge in [0.1, 0.15) is 23.4 Å². The number of aromatic hydroxyl groups is 1. The number of fused-ring (bicyclic) bond motifs is 2. The van der Waals surface area contributed by atoms with Gasteiger partial charge in [0.2, 0.25) is 0 Å². The van der Waals surface area contributed by atoms with E-state index in [2.05, 4.69) is 57.3 Å². The number of piperazine rings is 1. The van der Waals surface area contributed by atoms with Gasteiger partial charge in [-0.05, 0) is 78.8 Å². The van der Waals surface area contributed by atoms with Crippen LogP contribution in [0.4, 0.5) is 15.8 Å². The molecule has 4 aromatic rings. The molecule has 0 spiro atoms. The molecule has 7 nitrogen and oxygen atoms in total. The molecule has 0 aliphatic carbocycles. The van der Waals surface area contributed by atoms with E-state index in [4.69, 9.17) is 4.74 Å². The predicted molar refractivity (Wildman–Crippen MR) is 187 cm³/mol. The summed E-state index contributed by atoms with van der Waals surface area (Å²) in [6, 6.07) is 27.6. The maximum atomic E-state index is 16.0. The van der Waals surface area contributed by atoms with Crippen LogP contribution in [0, 0.1) is 11.7 Å². The minimum Gasteiger partial charge on any atom is -0.508 e. The number of rotatable bonds is 6. The van der Waals surface area contributed by atoms with Gasteiger partial charge in [-0.2, -0.15) is 0 Å². The number of phenols is 1. The number of piperidine rings is 1. The van der Waals surface area contributed by atoms with Crippen LogP contribution in [-0.2, 0) is 6.54 Å². The Morgan fingerprint density at radius 3 is 2.42 bits per heavy atom. The average molecular weight is 647 g/mol. The molecule has 4 aliphatic rings. The molecule has 0 unspecified atom stereocenters. The van der Waals surface area contributed by atoms with Gasteiger partial charge in [0, 0.05) is 87.1 Å². The van der Waals surface area contributed by atoms with Crippen molar-refractivity contribution in [2.75, 3.05) is 55.6 Å². The van der Waals surface area contributed by atoms with E-state index >= 15 is 4.39 Å². The molecule has 4 aromatic carbocycles. The number of benzene rings is 4. The molecule has 248 valence electrons. The minimum absolute atomic E-state index is 0.00230. The summed E-state index contributed by atoms with van der Waals surface area (Å²) in [4.78, 5) is 19.2. The highest BCUT2D eigenvalue weighted by Gasteiger charge is 2.39. The Bertz CT molecular complexity index is 1800. The Hall–Kier alpha value is -4.56. The number of hydrogen-bond acceptors (Lipinski definition) is 6. The molecule has 2 N–H and O–H groups in total. The molecule has 2 fully saturated rings. The fourth-order valence-corrected chi connectivity index (χ4v) is 8.44. The first-order valence-corrected chi connectivity index (χ1v) is 17.4. The second-order valence-electron chi connectivity index (χ2n) is 13.9. The monoisotopic (exact) mass is 646 g/mol. The topological polar surface area (TPSA) is 68.3 Å². The number of nitrogens with one attached hydrogen (secondary N) is 1. The zero-order valence-electron chi connectivity index (χ0n) is 27.4. The number of anilines is 2. The van der Waals surface area contributed by atoms with E-state index in [1.54, 1.807) is 18.2 Å². The van der Waals surface area contributed by atoms with Gasteiger partial charge in [0.05, 0.1) is 5.69 Å². The van der Waals surface area contributed by atoms with Gasteiger partial charge in [-0.25, -0.2) is 4.39 Å². The Kier molecular flexibility index (Phi) is 8.20. The van der Waals surface area contributed by atoms with Crippen molar-refractivity contribution in [3.8, 4) is 11.5 Å². The van der Waals surface area contributed by atoms with Gasteiger partial charge in [0.15, 0.2) is 0 Å². The summed E-state index contributed by atoms with van der Waals surface area (Å²) in [5, 5.41) is 13.1. The SMILES string of the molecule is C[C@H]1Oc2cc(O)ccc2[C@@H](c2ccc(N3CCC(CN4CCN(c5ccc6c(c5)CNC6=O)CC4)CC3)c(F)c2)[C@H]1c1ccccc1. The quantitative estimate of drug-likeness (QED) is 0.249. The van der Waals surface area contributed by atoms with Crippen molar-refractivity contribution in [1.29, 1.82) is 0 Å². The molecule has 1 amide bonds. The normalized spacial score (nSPS) is 23.0. The Morgan fingerprint density at radius 1 is 0.854 bits per heavy atom. The number of carbonyl (C=O) groups is 1. The standard InChI is InChI=1S/C40H43FN4O3/c1-26-38(28-5-3-2-4-6-28)39(34-11-9-32(46)23-37(34)48-26)29-7-12-36(35(41)22-29)45-15-13-27(14-16-45)25-43-17-19-44(20-18-43)31-8-10-33-30(21-31)24-42-40(33)47/h2-12,21-23,26-27,38-39,46H,13-20,24-25H2,1H3,(H,42,47)/t26-,38-,39-/m1/s1. The zero-order chi connectivity index (χ0) is 32.8. The van der Waals surface area contributed by atoms with E-state index < -0.39 is 0 Å². The van der Waals surface area contributed by atoms with Crippen LogP contribution in [0.25, 0.3) is 0 Å². The Morgan fingerprint density at radius 2 is 1.65 bits per heavy atom. The molecule has 0 aromatic heterocycles. The van der Waals surface area contributed by atoms with Gasteiger partial charge in [-0.15, -0.1) is 0 Å². The van der Waals surface area contributed by atoms with Gasteiger partial charge in [-0.1, -0.05) is 42.5 Å². The first-order valence-electron chi connectivity index (χ1n) is 17.4. The summed E-state index contributed by atoms with van der Waals surface area (Å²) in [7, 11) is 0. The highest BCUT2D eigenvalue weighted by Crippen LogP contribution is 2.50. The zero-order valence-corrected chi connectivity index (χ0v) is 27.4. The van der Waals surface area contributed by atoms with Crippen molar-refractivity contribution >= 4 is 17.3 Å². The molecule has 0 radical (unpaired) electrons. The number of halogens is 1. The molecule has 0 bridgehead atoms. The van der Waals surface area contributed by atoms with Crippen LogP contribution in [0.1, 0.15) is 64.2 Å². The van der Waals surface area contributed by atoms with Crippen LogP contribution in [0.5, 0.6) is 11.5 Å². The maximum Gasteiger partial charge on any atom is 0.251 e. The summed E-state index contributed by atoms with van der Waals surface area (Å²) in [6.45, 7) is 9.51. The summed E-state index contributed by atoms with van der Waals surface area (Å²) in [5.41, 5.74) is 6.83. The molecule has 0 saturated carbocycles. The van der Waals surface area contributed by atoms with Crippen molar-refractivity contribution in [3.63, 3.8) is 0 Å². The first-order chi connectivity index (χ1) is 23.4. The summed E-state index contributed by atoms with van der Waals surface area (Å²) in [6.07, 6.45) is 1.95. The van der Waals surface area contributed by atoms with Crippen molar-refractivity contribution in [1.82, 2.24) is 10.2 Å². The number of nitrogens with zero attached hydrogens (tertiary/aromatic N) is 3. The predicted octanol–water partition coefficient (Wildman–Crippen LogP) is 6.51. The van der Waals surface area contributed by atoms with E-state index in [1.165, 1.54) is 5.69 Å². The molecule has 4 aliphatic heterocycles. The molecular formula is C40H43FN4O3. The molecular weight excluding hydrogens is 603 g/mol. The van der Waals surface area contributed by atoms with Crippen molar-refractivity contribution < 1.29 is 19.0 Å². The van der Waals surface area contributed by atoms with E-state index in [1.807, 2.05) is 36.4 Å². The first kappa shape index (κ1) is 30.8. The van der Waals surface area contributed by atoms with E-state index in [9.17, 15) is 9.90 Å². The van der Waals surface area contributed by atoms with Gasteiger partial charge >= 0.3 is 0 Å². The summed E-state index contributed by atoms with van der Waals surface area (Å²) >= 11 is 0. The molecule has 3 atom stereocenters. The highest BCUT2D eigenvalue weighted by atomic mass is 19.1. The Balaban J connectivity index is 0.910. The number of amides is 1. The lowest BCUT2D eigenvalue weighted by molar-refractivity contribution is 0.0965. The second kappa shape index (κ2) is 12.8. The lowest BCUT2D eigenvalue weighted by atomic mass is 9.73. The molecule has 8 rings (SSSR count). The van der Waals surface area contributed by atoms with E-state index in [0.717, 1.165) is 86.5 Å². The molecule has 48 heavy (non-hydrogen) atoms. The van der Waals surface area contributed by atoms with Crippen molar-refractivity contribution in [3.05, 3.63) is 119 Å². The number of carbonyl (C=O) groups excluding carboxylic acids is 1. The maximum absolute atomic E-state index is 16.0. The number of ether oxygens (including phenoxy) is 1. The Labute approximate surface area is 281 Å². The second-order valence-corrected chi connectivity index (χ2v) is 13.9. The average Bonchev–Trinajstić information content (AvgIpc) is 3.48. The molecule has 2 saturated heterocycles. The third-order valence-corrected chi connectivity index (χ3v) is 11.0. The van der Waals surface area contributed by atoms with Crippen molar-refractivity contribution in [2.45, 2.75) is 44.2 Å². The molecule has 8 heteroatoms. The van der Waals surface area contributed by atoms with Gasteiger partial charge in [-0.3, -0.25) is 9.69 Å². The van der Waals surface area contributed by atoms with Crippen LogP contribution in [0.2, 0.25) is 0 Å². The summed E-state index contributed by atoms with van der Waals surface area (Å²) in [5.74, 6) is 1.18. The third kappa shape index (κ3) is 5.87. The lowest BCUT2D eigenvalue weighted by Gasteiger charge is -2.40. The lowest BCUT2D eigenvalue weighted by Crippen LogP contribution is -2.49. The largest absolute Gasteiger partial charge is 0.508 e. The van der Waals surface area contributed by atoms with E-state index in [-0.39, 0.29) is 35.4 Å². The van der Waals surface area contributed by atoms with Crippen LogP contribution in [0.3, 0.4) is 0 Å². The van der Waals surface area contributed by atoms with E-state index in [0.29, 0.717) is 23.9 Å². The van der Waals surface area contributed by atoms with Crippen LogP contribution in [-0.4, -0.2) is 67.8 Å². The smallest absolute Gasteiger partial charge is 0.251 e. The number of phenolic OH excluding ortho intramolecular Hbond substituents is 1. The van der Waals surface area contributed by atoms with Crippen LogP contribution in [0.15, 0.2) is 84.9 Å². The fourth-order valence-electron chi connectivity index (χ4n) is 8.44. The summed E-state index contributed by atoms with van der Waals surface area (Å²) < 4.78 is 22.4. The third-order valence-electron chi connectivity index (χ3n) is 11.0.